The standard InChI is InChI=1S/C14H33O3PSi2/c1-8-12(18)14(15-2)13(19(5,6)7)10-9-11-20(14,16-3)17-4/h12-13H,8-11,18H2,1-7H3. The van der Waals surface area contributed by atoms with Gasteiger partial charge in [0.05, 0.1) is 8.07 Å². The van der Waals surface area contributed by atoms with Gasteiger partial charge >= 0.3 is 8.56 Å². The third-order valence-electron chi connectivity index (χ3n) is 5.14. The summed E-state index contributed by atoms with van der Waals surface area (Å²) in [7, 11) is 4.79. The summed E-state index contributed by atoms with van der Waals surface area (Å²) in [4.78, 5) is 0. The monoisotopic (exact) mass is 336 g/mol. The maximum Gasteiger partial charge on any atom is 0.371 e. The number of hydrogen-bond acceptors (Lipinski definition) is 3. The van der Waals surface area contributed by atoms with Crippen molar-refractivity contribution in [2.75, 3.05) is 21.3 Å². The second-order valence-electron chi connectivity index (χ2n) is 6.98. The van der Waals surface area contributed by atoms with E-state index in [1.165, 1.54) is 12.8 Å². The van der Waals surface area contributed by atoms with Gasteiger partial charge in [0.25, 0.3) is 0 Å². The minimum absolute atomic E-state index is 0.237. The molecular formula is C14H33O3PSi2. The largest absolute Gasteiger partial charge is 0.396 e. The zero-order valence-electron chi connectivity index (χ0n) is 14.3. The van der Waals surface area contributed by atoms with Crippen molar-refractivity contribution in [1.82, 2.24) is 0 Å². The highest BCUT2D eigenvalue weighted by molar-refractivity contribution is 7.18. The third-order valence-corrected chi connectivity index (χ3v) is 14.0. The van der Waals surface area contributed by atoms with Gasteiger partial charge in [0.15, 0.2) is 0 Å². The number of ether oxygens (including phenoxy) is 1. The summed E-state index contributed by atoms with van der Waals surface area (Å²) in [6.45, 7) is 9.59. The Morgan fingerprint density at radius 2 is 1.80 bits per heavy atom. The molecule has 0 aliphatic carbocycles. The molecule has 3 nitrogen and oxygen atoms in total. The number of methoxy groups -OCH3 is 1. The lowest BCUT2D eigenvalue weighted by Gasteiger charge is -2.58. The molecule has 0 saturated carbocycles. The van der Waals surface area contributed by atoms with Crippen molar-refractivity contribution < 1.29 is 13.6 Å². The molecule has 4 atom stereocenters. The van der Waals surface area contributed by atoms with E-state index in [0.717, 1.165) is 12.5 Å². The molecule has 6 heteroatoms. The van der Waals surface area contributed by atoms with Crippen LogP contribution in [-0.2, 0) is 13.6 Å². The van der Waals surface area contributed by atoms with E-state index in [1.807, 2.05) is 21.3 Å². The van der Waals surface area contributed by atoms with E-state index in [1.54, 1.807) is 0 Å². The topological polar surface area (TPSA) is 27.7 Å². The molecule has 120 valence electrons. The van der Waals surface area contributed by atoms with E-state index in [-0.39, 0.29) is 5.22 Å². The van der Waals surface area contributed by atoms with E-state index in [9.17, 15) is 0 Å². The van der Waals surface area contributed by atoms with Gasteiger partial charge in [-0.15, -0.1) is 9.24 Å². The smallest absolute Gasteiger partial charge is 0.371 e. The lowest BCUT2D eigenvalue weighted by molar-refractivity contribution is -0.0121. The molecule has 0 N–H and O–H groups in total. The van der Waals surface area contributed by atoms with Crippen LogP contribution in [0.3, 0.4) is 0 Å². The summed E-state index contributed by atoms with van der Waals surface area (Å²) in [5.74, 6) is 0. The van der Waals surface area contributed by atoms with Crippen molar-refractivity contribution in [3.8, 4) is 0 Å². The Morgan fingerprint density at radius 1 is 1.25 bits per heavy atom. The molecule has 1 aliphatic heterocycles. The molecular weight excluding hydrogens is 303 g/mol. The Bertz CT molecular complexity index is 318. The lowest BCUT2D eigenvalue weighted by Crippen LogP contribution is -2.73. The van der Waals surface area contributed by atoms with Crippen molar-refractivity contribution >= 4 is 25.9 Å². The van der Waals surface area contributed by atoms with Crippen molar-refractivity contribution in [1.29, 1.82) is 0 Å². The zero-order valence-corrected chi connectivity index (χ0v) is 17.4. The molecule has 0 aromatic heterocycles. The molecule has 4 unspecified atom stereocenters. The van der Waals surface area contributed by atoms with Crippen LogP contribution in [0, 0.1) is 0 Å². The molecule has 1 heterocycles. The first-order chi connectivity index (χ1) is 9.25. The first-order valence-corrected chi connectivity index (χ1v) is 13.9. The predicted octanol–water partition coefficient (Wildman–Crippen LogP) is 3.80. The second-order valence-corrected chi connectivity index (χ2v) is 16.8. The molecule has 0 radical (unpaired) electrons. The second kappa shape index (κ2) is 6.88. The highest BCUT2D eigenvalue weighted by Crippen LogP contribution is 2.55. The van der Waals surface area contributed by atoms with Crippen LogP contribution in [0.2, 0.25) is 31.2 Å². The fraction of sp³-hybridized carbons (Fsp3) is 1.00. The van der Waals surface area contributed by atoms with Crippen LogP contribution < -0.4 is 0 Å². The fourth-order valence-corrected chi connectivity index (χ4v) is 14.2. The van der Waals surface area contributed by atoms with Gasteiger partial charge < -0.3 is 13.6 Å². The summed E-state index contributed by atoms with van der Waals surface area (Å²) in [5.41, 5.74) is 0.971. The highest BCUT2D eigenvalue weighted by atomic mass is 31.0. The summed E-state index contributed by atoms with van der Waals surface area (Å²) < 4.78 is 18.5. The van der Waals surface area contributed by atoms with Gasteiger partial charge in [0.2, 0.25) is 0 Å². The SMILES string of the molecule is CCC(P)C1(OC)C([Si](C)(C)C)CCC[Si]1(OC)OC. The van der Waals surface area contributed by atoms with Crippen molar-refractivity contribution in [3.63, 3.8) is 0 Å². The van der Waals surface area contributed by atoms with Crippen molar-refractivity contribution in [2.24, 2.45) is 0 Å². The minimum Gasteiger partial charge on any atom is -0.396 e. The molecule has 0 aromatic carbocycles. The molecule has 1 rings (SSSR count). The normalized spacial score (nSPS) is 32.1. The first kappa shape index (κ1) is 18.8. The molecule has 20 heavy (non-hydrogen) atoms. The molecule has 0 amide bonds. The van der Waals surface area contributed by atoms with Gasteiger partial charge in [-0.2, -0.15) is 0 Å². The third kappa shape index (κ3) is 2.82. The van der Waals surface area contributed by atoms with Crippen molar-refractivity contribution in [2.45, 2.75) is 68.3 Å². The van der Waals surface area contributed by atoms with Crippen LogP contribution in [0.5, 0.6) is 0 Å². The average Bonchev–Trinajstić information content (AvgIpc) is 2.43. The van der Waals surface area contributed by atoms with Gasteiger partial charge in [-0.25, -0.2) is 0 Å². The maximum atomic E-state index is 6.29. The Labute approximate surface area is 129 Å². The average molecular weight is 337 g/mol. The molecule has 1 fully saturated rings. The number of hydrogen-bond donors (Lipinski definition) is 0. The molecule has 1 aliphatic rings. The maximum absolute atomic E-state index is 6.29. The van der Waals surface area contributed by atoms with E-state index in [0.29, 0.717) is 11.2 Å². The molecule has 1 saturated heterocycles. The van der Waals surface area contributed by atoms with Gasteiger partial charge in [-0.1, -0.05) is 39.4 Å². The van der Waals surface area contributed by atoms with E-state index >= 15 is 0 Å². The Morgan fingerprint density at radius 3 is 2.15 bits per heavy atom. The molecule has 0 spiro atoms. The van der Waals surface area contributed by atoms with Gasteiger partial charge in [0.1, 0.15) is 5.22 Å². The highest BCUT2D eigenvalue weighted by Gasteiger charge is 2.67. The number of rotatable bonds is 6. The van der Waals surface area contributed by atoms with Crippen molar-refractivity contribution in [3.05, 3.63) is 0 Å². The lowest BCUT2D eigenvalue weighted by atomic mass is 10.0. The fourth-order valence-electron chi connectivity index (χ4n) is 4.19. The first-order valence-electron chi connectivity index (χ1n) is 7.66. The summed E-state index contributed by atoms with van der Waals surface area (Å²) in [6, 6.07) is 1.04. The van der Waals surface area contributed by atoms with Gasteiger partial charge in [-0.05, 0) is 18.0 Å². The van der Waals surface area contributed by atoms with Crippen LogP contribution in [0.15, 0.2) is 0 Å². The van der Waals surface area contributed by atoms with E-state index in [2.05, 4.69) is 35.8 Å². The van der Waals surface area contributed by atoms with Gasteiger partial charge in [0, 0.05) is 27.0 Å². The molecule has 0 bridgehead atoms. The van der Waals surface area contributed by atoms with Gasteiger partial charge in [-0.3, -0.25) is 0 Å². The van der Waals surface area contributed by atoms with E-state index in [4.69, 9.17) is 13.6 Å². The van der Waals surface area contributed by atoms with Crippen LogP contribution in [0.4, 0.5) is 0 Å². The van der Waals surface area contributed by atoms with Crippen LogP contribution >= 0.6 is 9.24 Å². The summed E-state index contributed by atoms with van der Waals surface area (Å²) in [5, 5.41) is -0.237. The zero-order chi connectivity index (χ0) is 15.6. The Balaban J connectivity index is 3.46. The quantitative estimate of drug-likeness (QED) is 0.545. The van der Waals surface area contributed by atoms with E-state index < -0.39 is 16.6 Å². The predicted molar refractivity (Wildman–Crippen MR) is 94.4 cm³/mol. The van der Waals surface area contributed by atoms with Crippen LogP contribution in [0.25, 0.3) is 0 Å². The Hall–Kier alpha value is 0.744. The Kier molecular flexibility index (Phi) is 6.47. The molecule has 0 aromatic rings. The minimum atomic E-state index is -2.38. The summed E-state index contributed by atoms with van der Waals surface area (Å²) >= 11 is 0. The summed E-state index contributed by atoms with van der Waals surface area (Å²) in [6.07, 6.45) is 3.52. The van der Waals surface area contributed by atoms with Crippen LogP contribution in [0.1, 0.15) is 26.2 Å². The van der Waals surface area contributed by atoms with Crippen LogP contribution in [-0.4, -0.2) is 48.8 Å².